The Bertz CT molecular complexity index is 847. The Morgan fingerprint density at radius 1 is 0.867 bits per heavy atom. The van der Waals surface area contributed by atoms with Gasteiger partial charge < -0.3 is 24.3 Å². The van der Waals surface area contributed by atoms with E-state index in [9.17, 15) is 4.79 Å². The van der Waals surface area contributed by atoms with Crippen LogP contribution in [0.2, 0.25) is 0 Å². The highest BCUT2D eigenvalue weighted by atomic mass is 16.5. The molecule has 1 amide bonds. The van der Waals surface area contributed by atoms with Gasteiger partial charge in [0.05, 0.1) is 27.9 Å². The number of benzene rings is 2. The zero-order chi connectivity index (χ0) is 21.8. The van der Waals surface area contributed by atoms with Crippen LogP contribution in [0.5, 0.6) is 23.0 Å². The van der Waals surface area contributed by atoms with Crippen molar-refractivity contribution in [3.8, 4) is 23.0 Å². The molecule has 0 atom stereocenters. The predicted molar refractivity (Wildman–Crippen MR) is 120 cm³/mol. The third-order valence-electron chi connectivity index (χ3n) is 4.52. The number of nitrogens with one attached hydrogen (secondary N) is 1. The number of anilines is 1. The van der Waals surface area contributed by atoms with Crippen LogP contribution in [0.1, 0.15) is 38.2 Å². The lowest BCUT2D eigenvalue weighted by molar-refractivity contribution is -0.111. The number of amides is 1. The molecule has 6 heteroatoms. The smallest absolute Gasteiger partial charge is 0.248 e. The van der Waals surface area contributed by atoms with E-state index in [4.69, 9.17) is 18.9 Å². The van der Waals surface area contributed by atoms with Gasteiger partial charge in [0.1, 0.15) is 0 Å². The molecule has 2 rings (SSSR count). The lowest BCUT2D eigenvalue weighted by atomic mass is 10.2. The quantitative estimate of drug-likeness (QED) is 0.377. The number of carbonyl (C=O) groups is 1. The fourth-order valence-corrected chi connectivity index (χ4v) is 2.89. The molecule has 6 nitrogen and oxygen atoms in total. The van der Waals surface area contributed by atoms with Gasteiger partial charge in [-0.2, -0.15) is 0 Å². The van der Waals surface area contributed by atoms with Crippen molar-refractivity contribution in [1.29, 1.82) is 0 Å². The summed E-state index contributed by atoms with van der Waals surface area (Å²) in [5, 5.41) is 2.81. The molecule has 2 aromatic carbocycles. The van der Waals surface area contributed by atoms with Crippen molar-refractivity contribution in [1.82, 2.24) is 0 Å². The number of rotatable bonds is 12. The lowest BCUT2D eigenvalue weighted by Crippen LogP contribution is -2.08. The Kier molecular flexibility index (Phi) is 9.58. The SMILES string of the molecule is CCCCCCOc1ccc(/C=C/C(=O)Nc2ccc(OC)c(OC)c2)cc1OC. The second kappa shape index (κ2) is 12.4. The standard InChI is InChI=1S/C24H31NO5/c1-5-6-7-8-15-30-21-12-9-18(16-22(21)28-3)10-14-24(26)25-19-11-13-20(27-2)23(17-19)29-4/h9-14,16-17H,5-8,15H2,1-4H3,(H,25,26)/b14-10+. The van der Waals surface area contributed by atoms with Crippen molar-refractivity contribution in [3.63, 3.8) is 0 Å². The first-order valence-electron chi connectivity index (χ1n) is 10.1. The van der Waals surface area contributed by atoms with Crippen LogP contribution in [-0.2, 0) is 4.79 Å². The molecule has 0 heterocycles. The predicted octanol–water partition coefficient (Wildman–Crippen LogP) is 5.32. The molecule has 0 aliphatic carbocycles. The monoisotopic (exact) mass is 413 g/mol. The summed E-state index contributed by atoms with van der Waals surface area (Å²) >= 11 is 0. The van der Waals surface area contributed by atoms with Gasteiger partial charge in [0.2, 0.25) is 5.91 Å². The van der Waals surface area contributed by atoms with Gasteiger partial charge in [-0.05, 0) is 42.3 Å². The minimum Gasteiger partial charge on any atom is -0.493 e. The number of carbonyl (C=O) groups excluding carboxylic acids is 1. The molecule has 0 aliphatic heterocycles. The molecule has 162 valence electrons. The van der Waals surface area contributed by atoms with Gasteiger partial charge in [0.25, 0.3) is 0 Å². The molecule has 1 N–H and O–H groups in total. The molecule has 30 heavy (non-hydrogen) atoms. The molecular formula is C24H31NO5. The van der Waals surface area contributed by atoms with Crippen molar-refractivity contribution in [2.45, 2.75) is 32.6 Å². The Balaban J connectivity index is 1.97. The Morgan fingerprint density at radius 3 is 2.27 bits per heavy atom. The summed E-state index contributed by atoms with van der Waals surface area (Å²) in [6.07, 6.45) is 7.80. The largest absolute Gasteiger partial charge is 0.493 e. The maximum atomic E-state index is 12.3. The van der Waals surface area contributed by atoms with E-state index in [2.05, 4.69) is 12.2 Å². The van der Waals surface area contributed by atoms with E-state index < -0.39 is 0 Å². The fraction of sp³-hybridized carbons (Fsp3) is 0.375. The van der Waals surface area contributed by atoms with E-state index in [1.54, 1.807) is 45.6 Å². The summed E-state index contributed by atoms with van der Waals surface area (Å²) in [6.45, 7) is 2.85. The van der Waals surface area contributed by atoms with Gasteiger partial charge in [0, 0.05) is 17.8 Å². The van der Waals surface area contributed by atoms with Crippen LogP contribution < -0.4 is 24.3 Å². The molecule has 0 bridgehead atoms. The third kappa shape index (κ3) is 7.03. The van der Waals surface area contributed by atoms with Crippen LogP contribution in [0.3, 0.4) is 0 Å². The van der Waals surface area contributed by atoms with Crippen LogP contribution in [0.15, 0.2) is 42.5 Å². The maximum Gasteiger partial charge on any atom is 0.248 e. The average molecular weight is 414 g/mol. The second-order valence-corrected chi connectivity index (χ2v) is 6.71. The van der Waals surface area contributed by atoms with Crippen LogP contribution in [0, 0.1) is 0 Å². The summed E-state index contributed by atoms with van der Waals surface area (Å²) in [7, 11) is 4.72. The van der Waals surface area contributed by atoms with Crippen LogP contribution in [0.4, 0.5) is 5.69 Å². The van der Waals surface area contributed by atoms with E-state index in [1.165, 1.54) is 18.9 Å². The van der Waals surface area contributed by atoms with Gasteiger partial charge in [-0.25, -0.2) is 0 Å². The summed E-state index contributed by atoms with van der Waals surface area (Å²) in [4.78, 5) is 12.3. The molecule has 0 aliphatic rings. The number of hydrogen-bond donors (Lipinski definition) is 1. The zero-order valence-corrected chi connectivity index (χ0v) is 18.2. The summed E-state index contributed by atoms with van der Waals surface area (Å²) in [6, 6.07) is 10.8. The summed E-state index contributed by atoms with van der Waals surface area (Å²) in [5.74, 6) is 2.26. The minimum absolute atomic E-state index is 0.252. The normalized spacial score (nSPS) is 10.7. The molecule has 0 fully saturated rings. The molecule has 2 aromatic rings. The first kappa shape index (κ1) is 23.1. The lowest BCUT2D eigenvalue weighted by Gasteiger charge is -2.11. The molecule has 0 spiro atoms. The van der Waals surface area contributed by atoms with Crippen molar-refractivity contribution < 1.29 is 23.7 Å². The van der Waals surface area contributed by atoms with Gasteiger partial charge in [-0.3, -0.25) is 4.79 Å². The fourth-order valence-electron chi connectivity index (χ4n) is 2.89. The van der Waals surface area contributed by atoms with Crippen molar-refractivity contribution in [2.75, 3.05) is 33.3 Å². The first-order valence-corrected chi connectivity index (χ1v) is 10.1. The van der Waals surface area contributed by atoms with Gasteiger partial charge >= 0.3 is 0 Å². The van der Waals surface area contributed by atoms with Crippen molar-refractivity contribution in [3.05, 3.63) is 48.0 Å². The number of unbranched alkanes of at least 4 members (excludes halogenated alkanes) is 3. The number of hydrogen-bond acceptors (Lipinski definition) is 5. The highest BCUT2D eigenvalue weighted by Crippen LogP contribution is 2.30. The Hall–Kier alpha value is -3.15. The second-order valence-electron chi connectivity index (χ2n) is 6.71. The topological polar surface area (TPSA) is 66.0 Å². The van der Waals surface area contributed by atoms with Crippen LogP contribution in [0.25, 0.3) is 6.08 Å². The van der Waals surface area contributed by atoms with E-state index in [0.29, 0.717) is 35.3 Å². The number of methoxy groups -OCH3 is 3. The molecule has 0 radical (unpaired) electrons. The minimum atomic E-state index is -0.252. The molecule has 0 aromatic heterocycles. The van der Waals surface area contributed by atoms with Crippen LogP contribution >= 0.6 is 0 Å². The third-order valence-corrected chi connectivity index (χ3v) is 4.52. The van der Waals surface area contributed by atoms with E-state index >= 15 is 0 Å². The molecule has 0 saturated carbocycles. The van der Waals surface area contributed by atoms with Gasteiger partial charge in [-0.15, -0.1) is 0 Å². The van der Waals surface area contributed by atoms with Crippen LogP contribution in [-0.4, -0.2) is 33.8 Å². The van der Waals surface area contributed by atoms with Crippen molar-refractivity contribution in [2.24, 2.45) is 0 Å². The Labute approximate surface area is 178 Å². The van der Waals surface area contributed by atoms with Gasteiger partial charge in [0.15, 0.2) is 23.0 Å². The summed E-state index contributed by atoms with van der Waals surface area (Å²) < 4.78 is 21.7. The highest BCUT2D eigenvalue weighted by molar-refractivity contribution is 6.02. The van der Waals surface area contributed by atoms with E-state index in [1.807, 2.05) is 18.2 Å². The first-order chi connectivity index (χ1) is 14.6. The number of ether oxygens (including phenoxy) is 4. The highest BCUT2D eigenvalue weighted by Gasteiger charge is 2.07. The van der Waals surface area contributed by atoms with E-state index in [0.717, 1.165) is 18.4 Å². The molecule has 0 saturated heterocycles. The molecule has 0 unspecified atom stereocenters. The summed E-state index contributed by atoms with van der Waals surface area (Å²) in [5.41, 5.74) is 1.46. The van der Waals surface area contributed by atoms with E-state index in [-0.39, 0.29) is 5.91 Å². The van der Waals surface area contributed by atoms with Crippen molar-refractivity contribution >= 4 is 17.7 Å². The molecular weight excluding hydrogens is 382 g/mol. The zero-order valence-electron chi connectivity index (χ0n) is 18.2. The Morgan fingerprint density at radius 2 is 1.57 bits per heavy atom. The maximum absolute atomic E-state index is 12.3. The van der Waals surface area contributed by atoms with Gasteiger partial charge in [-0.1, -0.05) is 32.3 Å². The average Bonchev–Trinajstić information content (AvgIpc) is 2.77.